The zero-order valence-corrected chi connectivity index (χ0v) is 12.5. The maximum atomic E-state index is 13.3. The number of hydrogen-bond donors (Lipinski definition) is 1. The van der Waals surface area contributed by atoms with Gasteiger partial charge in [0.05, 0.1) is 15.6 Å². The van der Waals surface area contributed by atoms with Crippen molar-refractivity contribution in [1.82, 2.24) is 0 Å². The van der Waals surface area contributed by atoms with Crippen molar-refractivity contribution in [3.63, 3.8) is 0 Å². The third-order valence-corrected chi connectivity index (χ3v) is 5.28. The smallest absolute Gasteiger partial charge is 0.161 e. The molecule has 1 aliphatic carbocycles. The first kappa shape index (κ1) is 13.5. The zero-order valence-electron chi connectivity index (χ0n) is 10.2. The molecule has 0 atom stereocenters. The van der Waals surface area contributed by atoms with E-state index >= 15 is 0 Å². The molecule has 0 aromatic heterocycles. The van der Waals surface area contributed by atoms with Crippen LogP contribution in [0.3, 0.4) is 0 Å². The molecule has 19 heavy (non-hydrogen) atoms. The summed E-state index contributed by atoms with van der Waals surface area (Å²) in [5.41, 5.74) is 0.804. The zero-order chi connectivity index (χ0) is 13.5. The Morgan fingerprint density at radius 3 is 2.47 bits per heavy atom. The number of halogens is 3. The fraction of sp³-hybridized carbons (Fsp3) is 0.462. The average molecular weight is 319 g/mol. The van der Waals surface area contributed by atoms with Crippen molar-refractivity contribution in [2.75, 3.05) is 11.1 Å². The van der Waals surface area contributed by atoms with Crippen molar-refractivity contribution in [3.8, 4) is 0 Å². The van der Waals surface area contributed by atoms with Gasteiger partial charge in [0.25, 0.3) is 0 Å². The lowest BCUT2D eigenvalue weighted by Gasteiger charge is -2.16. The van der Waals surface area contributed by atoms with Gasteiger partial charge in [0.15, 0.2) is 11.0 Å². The molecule has 0 saturated heterocycles. The van der Waals surface area contributed by atoms with Crippen LogP contribution in [0, 0.1) is 5.82 Å². The molecule has 1 N–H and O–H groups in total. The molecule has 1 spiro atoms. The minimum Gasteiger partial charge on any atom is -0.335 e. The maximum Gasteiger partial charge on any atom is 0.161 e. The Morgan fingerprint density at radius 1 is 1.21 bits per heavy atom. The van der Waals surface area contributed by atoms with Crippen LogP contribution in [-0.4, -0.2) is 16.5 Å². The van der Waals surface area contributed by atoms with Crippen LogP contribution in [0.4, 0.5) is 10.1 Å². The molecule has 1 aliphatic heterocycles. The van der Waals surface area contributed by atoms with Gasteiger partial charge in [0.2, 0.25) is 0 Å². The van der Waals surface area contributed by atoms with Gasteiger partial charge in [-0.15, -0.1) is 0 Å². The third-order valence-electron chi connectivity index (χ3n) is 3.59. The Labute approximate surface area is 125 Å². The minimum absolute atomic E-state index is 0.0224. The van der Waals surface area contributed by atoms with Crippen LogP contribution in [0.15, 0.2) is 17.1 Å². The van der Waals surface area contributed by atoms with E-state index in [1.165, 1.54) is 25.0 Å². The number of amidine groups is 1. The second-order valence-electron chi connectivity index (χ2n) is 5.02. The number of rotatable bonds is 1. The molecule has 0 amide bonds. The number of anilines is 1. The van der Waals surface area contributed by atoms with Crippen LogP contribution < -0.4 is 5.32 Å². The summed E-state index contributed by atoms with van der Waals surface area (Å²) in [5, 5.41) is 4.10. The van der Waals surface area contributed by atoms with Gasteiger partial charge < -0.3 is 5.32 Å². The fourth-order valence-electron chi connectivity index (χ4n) is 2.59. The summed E-state index contributed by atoms with van der Waals surface area (Å²) in [4.78, 5) is 4.78. The highest BCUT2D eigenvalue weighted by Gasteiger charge is 2.38. The van der Waals surface area contributed by atoms with Gasteiger partial charge >= 0.3 is 0 Å². The van der Waals surface area contributed by atoms with Crippen molar-refractivity contribution in [1.29, 1.82) is 0 Å². The van der Waals surface area contributed by atoms with Crippen LogP contribution in [0.1, 0.15) is 25.7 Å². The highest BCUT2D eigenvalue weighted by Crippen LogP contribution is 2.41. The molecule has 1 saturated carbocycles. The summed E-state index contributed by atoms with van der Waals surface area (Å²) in [6, 6.07) is 3.07. The molecule has 6 heteroatoms. The lowest BCUT2D eigenvalue weighted by molar-refractivity contribution is 0.508. The average Bonchev–Trinajstić information content (AvgIpc) is 2.97. The van der Waals surface area contributed by atoms with Crippen LogP contribution >= 0.6 is 35.0 Å². The fourth-order valence-corrected chi connectivity index (χ4v) is 4.28. The van der Waals surface area contributed by atoms with Crippen LogP contribution in [0.5, 0.6) is 0 Å². The van der Waals surface area contributed by atoms with Gasteiger partial charge in [0.1, 0.15) is 0 Å². The highest BCUT2D eigenvalue weighted by molar-refractivity contribution is 8.14. The van der Waals surface area contributed by atoms with E-state index in [-0.39, 0.29) is 15.6 Å². The second kappa shape index (κ2) is 5.15. The lowest BCUT2D eigenvalue weighted by Crippen LogP contribution is -2.21. The minimum atomic E-state index is -0.581. The molecule has 3 rings (SSSR count). The first-order chi connectivity index (χ1) is 9.08. The van der Waals surface area contributed by atoms with Crippen LogP contribution in [0.2, 0.25) is 10.0 Å². The van der Waals surface area contributed by atoms with Gasteiger partial charge in [-0.25, -0.2) is 4.39 Å². The van der Waals surface area contributed by atoms with Gasteiger partial charge in [-0.3, -0.25) is 4.99 Å². The van der Waals surface area contributed by atoms with Crippen LogP contribution in [0.25, 0.3) is 0 Å². The molecular formula is C13H13Cl2FN2S. The summed E-state index contributed by atoms with van der Waals surface area (Å²) >= 11 is 13.3. The Morgan fingerprint density at radius 2 is 1.84 bits per heavy atom. The standard InChI is InChI=1S/C13H13Cl2FN2S/c14-9-5-8(6-10(15)11(9)16)17-12-18-13(7-19-12)3-1-2-4-13/h5-6H,1-4,7H2,(H,17,18). The van der Waals surface area contributed by atoms with Gasteiger partial charge in [-0.1, -0.05) is 47.8 Å². The Hall–Kier alpha value is -0.450. The predicted octanol–water partition coefficient (Wildman–Crippen LogP) is 4.96. The number of nitrogens with one attached hydrogen (secondary N) is 1. The van der Waals surface area contributed by atoms with Crippen molar-refractivity contribution in [2.45, 2.75) is 31.2 Å². The summed E-state index contributed by atoms with van der Waals surface area (Å²) in [6.07, 6.45) is 4.84. The van der Waals surface area contributed by atoms with E-state index in [4.69, 9.17) is 28.2 Å². The highest BCUT2D eigenvalue weighted by atomic mass is 35.5. The monoisotopic (exact) mass is 318 g/mol. The van der Waals surface area contributed by atoms with Crippen molar-refractivity contribution in [2.24, 2.45) is 4.99 Å². The Kier molecular flexibility index (Phi) is 3.67. The molecular weight excluding hydrogens is 306 g/mol. The number of thioether (sulfide) groups is 1. The summed E-state index contributed by atoms with van der Waals surface area (Å²) in [5.74, 6) is 0.444. The molecule has 2 aliphatic rings. The van der Waals surface area contributed by atoms with E-state index < -0.39 is 5.82 Å². The van der Waals surface area contributed by atoms with Crippen molar-refractivity contribution >= 4 is 45.8 Å². The Bertz CT molecular complexity index is 518. The molecule has 2 nitrogen and oxygen atoms in total. The SMILES string of the molecule is Fc1c(Cl)cc(NC2=NC3(CCCC3)CS2)cc1Cl. The second-order valence-corrected chi connectivity index (χ2v) is 6.79. The number of aliphatic imine (C=N–C) groups is 1. The van der Waals surface area contributed by atoms with Gasteiger partial charge in [-0.05, 0) is 25.0 Å². The largest absolute Gasteiger partial charge is 0.335 e. The molecule has 0 radical (unpaired) electrons. The first-order valence-corrected chi connectivity index (χ1v) is 7.96. The summed E-state index contributed by atoms with van der Waals surface area (Å²) < 4.78 is 13.3. The number of hydrogen-bond acceptors (Lipinski definition) is 3. The first-order valence-electron chi connectivity index (χ1n) is 6.22. The van der Waals surface area contributed by atoms with E-state index in [1.54, 1.807) is 11.8 Å². The maximum absolute atomic E-state index is 13.3. The van der Waals surface area contributed by atoms with E-state index in [1.807, 2.05) is 0 Å². The Balaban J connectivity index is 1.79. The predicted molar refractivity (Wildman–Crippen MR) is 81.1 cm³/mol. The molecule has 0 unspecified atom stereocenters. The van der Waals surface area contributed by atoms with Gasteiger partial charge in [-0.2, -0.15) is 0 Å². The van der Waals surface area contributed by atoms with Gasteiger partial charge in [0, 0.05) is 11.4 Å². The van der Waals surface area contributed by atoms with E-state index in [0.29, 0.717) is 5.69 Å². The summed E-state index contributed by atoms with van der Waals surface area (Å²) in [6.45, 7) is 0. The quantitative estimate of drug-likeness (QED) is 0.740. The number of nitrogens with zero attached hydrogens (tertiary/aromatic N) is 1. The van der Waals surface area contributed by atoms with E-state index in [9.17, 15) is 4.39 Å². The number of benzene rings is 1. The third kappa shape index (κ3) is 2.71. The topological polar surface area (TPSA) is 24.4 Å². The summed E-state index contributed by atoms with van der Waals surface area (Å²) in [7, 11) is 0. The van der Waals surface area contributed by atoms with Crippen molar-refractivity contribution in [3.05, 3.63) is 28.0 Å². The normalized spacial score (nSPS) is 20.9. The molecule has 1 aromatic rings. The lowest BCUT2D eigenvalue weighted by atomic mass is 10.0. The molecule has 102 valence electrons. The molecule has 1 heterocycles. The van der Waals surface area contributed by atoms with Crippen LogP contribution in [-0.2, 0) is 0 Å². The molecule has 1 aromatic carbocycles. The molecule has 0 bridgehead atoms. The van der Waals surface area contributed by atoms with E-state index in [0.717, 1.165) is 23.8 Å². The van der Waals surface area contributed by atoms with Crippen molar-refractivity contribution < 1.29 is 4.39 Å². The van der Waals surface area contributed by atoms with E-state index in [2.05, 4.69) is 5.32 Å². The molecule has 1 fully saturated rings.